The van der Waals surface area contributed by atoms with Crippen LogP contribution in [-0.4, -0.2) is 36.5 Å². The van der Waals surface area contributed by atoms with Crippen molar-refractivity contribution in [2.24, 2.45) is 0 Å². The Labute approximate surface area is 64.6 Å². The summed E-state index contributed by atoms with van der Waals surface area (Å²) in [6.45, 7) is 1.42. The van der Waals surface area contributed by atoms with Crippen molar-refractivity contribution in [2.75, 3.05) is 26.3 Å². The molecule has 0 aromatic carbocycles. The maximum atomic E-state index is 8.15. The summed E-state index contributed by atoms with van der Waals surface area (Å²) in [5, 5.41) is 19.1. The van der Waals surface area contributed by atoms with E-state index in [1.807, 2.05) is 0 Å². The molecule has 55 valence electrons. The summed E-state index contributed by atoms with van der Waals surface area (Å²) in [6, 6.07) is 0. The van der Waals surface area contributed by atoms with Gasteiger partial charge in [-0.3, -0.25) is 0 Å². The molecule has 8 heavy (non-hydrogen) atoms. The average Bonchev–Trinajstić information content (AvgIpc) is 1.69. The van der Waals surface area contributed by atoms with Crippen LogP contribution in [-0.2, 0) is 22.4 Å². The molecule has 0 spiro atoms. The number of aliphatic hydroxyl groups excluding tert-OH is 2. The number of nitrogens with one attached hydrogen (secondary N) is 1. The summed E-state index contributed by atoms with van der Waals surface area (Å²) in [5.74, 6) is 0. The first kappa shape index (κ1) is 11.4. The predicted octanol–water partition coefficient (Wildman–Crippen LogP) is -1.44. The Bertz CT molecular complexity index is 33.2. The van der Waals surface area contributed by atoms with Gasteiger partial charge < -0.3 is 15.5 Å². The first-order chi connectivity index (χ1) is 3.41. The topological polar surface area (TPSA) is 52.5 Å². The fraction of sp³-hybridized carbons (Fsp3) is 1.00. The molecule has 0 unspecified atom stereocenters. The zero-order chi connectivity index (χ0) is 5.54. The molecule has 0 rings (SSSR count). The molecular formula is C4H11AgNO2. The number of aliphatic hydroxyl groups is 2. The number of hydrogen-bond acceptors (Lipinski definition) is 3. The van der Waals surface area contributed by atoms with Gasteiger partial charge in [-0.1, -0.05) is 0 Å². The van der Waals surface area contributed by atoms with Gasteiger partial charge in [0.1, 0.15) is 0 Å². The van der Waals surface area contributed by atoms with E-state index in [0.29, 0.717) is 13.1 Å². The third kappa shape index (κ3) is 9.80. The molecule has 3 N–H and O–H groups in total. The van der Waals surface area contributed by atoms with Crippen molar-refractivity contribution >= 4 is 0 Å². The van der Waals surface area contributed by atoms with Crippen LogP contribution in [0.25, 0.3) is 0 Å². The van der Waals surface area contributed by atoms with E-state index in [-0.39, 0.29) is 35.6 Å². The third-order valence-corrected chi connectivity index (χ3v) is 0.577. The van der Waals surface area contributed by atoms with Crippen LogP contribution in [0.3, 0.4) is 0 Å². The third-order valence-electron chi connectivity index (χ3n) is 0.577. The Morgan fingerprint density at radius 2 is 1.38 bits per heavy atom. The van der Waals surface area contributed by atoms with Crippen molar-refractivity contribution in [3.05, 3.63) is 0 Å². The van der Waals surface area contributed by atoms with Gasteiger partial charge in [0.05, 0.1) is 13.2 Å². The molecule has 0 heterocycles. The number of rotatable bonds is 4. The molecule has 0 atom stereocenters. The monoisotopic (exact) mass is 212 g/mol. The summed E-state index contributed by atoms with van der Waals surface area (Å²) in [6.07, 6.45) is 0. The molecule has 1 radical (unpaired) electrons. The van der Waals surface area contributed by atoms with Crippen molar-refractivity contribution in [2.45, 2.75) is 0 Å². The Balaban J connectivity index is 0. The standard InChI is InChI=1S/C4H11NO2.Ag/c6-3-1-5-2-4-7;/h5-7H,1-4H2;. The van der Waals surface area contributed by atoms with Crippen LogP contribution in [0.15, 0.2) is 0 Å². The van der Waals surface area contributed by atoms with E-state index in [9.17, 15) is 0 Å². The van der Waals surface area contributed by atoms with Crippen LogP contribution in [0, 0.1) is 0 Å². The first-order valence-corrected chi connectivity index (χ1v) is 2.34. The minimum Gasteiger partial charge on any atom is -0.395 e. The predicted molar refractivity (Wildman–Crippen MR) is 27.0 cm³/mol. The van der Waals surface area contributed by atoms with Gasteiger partial charge in [-0.05, 0) is 0 Å². The van der Waals surface area contributed by atoms with Gasteiger partial charge in [0, 0.05) is 35.5 Å². The second-order valence-corrected chi connectivity index (χ2v) is 1.20. The van der Waals surface area contributed by atoms with Gasteiger partial charge in [0.2, 0.25) is 0 Å². The van der Waals surface area contributed by atoms with Gasteiger partial charge in [-0.2, -0.15) is 0 Å². The summed E-state index contributed by atoms with van der Waals surface area (Å²) < 4.78 is 0. The molecule has 4 heteroatoms. The van der Waals surface area contributed by atoms with E-state index in [1.54, 1.807) is 0 Å². The molecule has 3 nitrogen and oxygen atoms in total. The molecule has 0 saturated heterocycles. The van der Waals surface area contributed by atoms with Crippen molar-refractivity contribution in [3.8, 4) is 0 Å². The van der Waals surface area contributed by atoms with Crippen LogP contribution in [0.5, 0.6) is 0 Å². The van der Waals surface area contributed by atoms with Crippen molar-refractivity contribution < 1.29 is 32.6 Å². The SMILES string of the molecule is OCCNCCO.[Ag]. The van der Waals surface area contributed by atoms with Crippen LogP contribution in [0.4, 0.5) is 0 Å². The molecule has 0 amide bonds. The molecule has 0 aromatic heterocycles. The fourth-order valence-corrected chi connectivity index (χ4v) is 0.283. The maximum Gasteiger partial charge on any atom is 0.0555 e. The Hall–Kier alpha value is 0.620. The molecule has 0 aliphatic rings. The van der Waals surface area contributed by atoms with E-state index in [4.69, 9.17) is 10.2 Å². The molecular weight excluding hydrogens is 202 g/mol. The van der Waals surface area contributed by atoms with Gasteiger partial charge in [-0.25, -0.2) is 0 Å². The van der Waals surface area contributed by atoms with Crippen molar-refractivity contribution in [1.29, 1.82) is 0 Å². The summed E-state index contributed by atoms with van der Waals surface area (Å²) >= 11 is 0. The van der Waals surface area contributed by atoms with Crippen molar-refractivity contribution in [3.63, 3.8) is 0 Å². The van der Waals surface area contributed by atoms with Gasteiger partial charge in [0.15, 0.2) is 0 Å². The quantitative estimate of drug-likeness (QED) is 0.396. The van der Waals surface area contributed by atoms with E-state index >= 15 is 0 Å². The zero-order valence-electron chi connectivity index (χ0n) is 4.52. The minimum atomic E-state index is 0. The second kappa shape index (κ2) is 10.6. The van der Waals surface area contributed by atoms with Crippen LogP contribution >= 0.6 is 0 Å². The van der Waals surface area contributed by atoms with E-state index in [2.05, 4.69) is 5.32 Å². The first-order valence-electron chi connectivity index (χ1n) is 2.34. The Kier molecular flexibility index (Phi) is 15.1. The minimum absolute atomic E-state index is 0. The second-order valence-electron chi connectivity index (χ2n) is 1.20. The number of hydrogen-bond donors (Lipinski definition) is 3. The summed E-state index contributed by atoms with van der Waals surface area (Å²) in [4.78, 5) is 0. The molecule has 0 saturated carbocycles. The largest absolute Gasteiger partial charge is 0.395 e. The van der Waals surface area contributed by atoms with Gasteiger partial charge in [0.25, 0.3) is 0 Å². The van der Waals surface area contributed by atoms with Gasteiger partial charge >= 0.3 is 0 Å². The average molecular weight is 213 g/mol. The summed E-state index contributed by atoms with van der Waals surface area (Å²) in [7, 11) is 0. The maximum absolute atomic E-state index is 8.15. The molecule has 0 aliphatic carbocycles. The Morgan fingerprint density at radius 1 is 1.00 bits per heavy atom. The summed E-state index contributed by atoms with van der Waals surface area (Å²) in [5.41, 5.74) is 0. The van der Waals surface area contributed by atoms with Gasteiger partial charge in [-0.15, -0.1) is 0 Å². The van der Waals surface area contributed by atoms with E-state index in [1.165, 1.54) is 0 Å². The van der Waals surface area contributed by atoms with Crippen LogP contribution in [0.1, 0.15) is 0 Å². The smallest absolute Gasteiger partial charge is 0.0555 e. The Morgan fingerprint density at radius 3 is 1.62 bits per heavy atom. The van der Waals surface area contributed by atoms with Crippen LogP contribution in [0.2, 0.25) is 0 Å². The fourth-order valence-electron chi connectivity index (χ4n) is 0.283. The molecule has 0 aliphatic heterocycles. The molecule has 0 bridgehead atoms. The van der Waals surface area contributed by atoms with Crippen molar-refractivity contribution in [1.82, 2.24) is 5.32 Å². The normalized spacial score (nSPS) is 8.25. The van der Waals surface area contributed by atoms with E-state index in [0.717, 1.165) is 0 Å². The van der Waals surface area contributed by atoms with E-state index < -0.39 is 0 Å². The zero-order valence-corrected chi connectivity index (χ0v) is 6.01. The van der Waals surface area contributed by atoms with Crippen LogP contribution < -0.4 is 5.32 Å². The molecule has 0 fully saturated rings. The molecule has 0 aromatic rings.